The van der Waals surface area contributed by atoms with Gasteiger partial charge >= 0.3 is 5.97 Å². The van der Waals surface area contributed by atoms with Crippen molar-refractivity contribution in [1.82, 2.24) is 5.32 Å². The van der Waals surface area contributed by atoms with Crippen molar-refractivity contribution in [3.63, 3.8) is 0 Å². The highest BCUT2D eigenvalue weighted by Crippen LogP contribution is 2.28. The van der Waals surface area contributed by atoms with Crippen molar-refractivity contribution in [3.05, 3.63) is 35.9 Å². The molecule has 1 N–H and O–H groups in total. The van der Waals surface area contributed by atoms with Crippen LogP contribution >= 0.6 is 0 Å². The maximum atomic E-state index is 12.1. The molecule has 0 saturated carbocycles. The number of methoxy groups -OCH3 is 1. The minimum Gasteiger partial charge on any atom is -0.493 e. The van der Waals surface area contributed by atoms with E-state index in [0.717, 1.165) is 24.8 Å². The number of hydrogen-bond donors (Lipinski definition) is 1. The predicted molar refractivity (Wildman–Crippen MR) is 140 cm³/mol. The molecule has 0 radical (unpaired) electrons. The summed E-state index contributed by atoms with van der Waals surface area (Å²) in [5, 5.41) is 2.95. The molecule has 1 aromatic carbocycles. The van der Waals surface area contributed by atoms with Gasteiger partial charge in [-0.05, 0) is 49.8 Å². The maximum absolute atomic E-state index is 12.1. The van der Waals surface area contributed by atoms with E-state index in [1.54, 1.807) is 12.1 Å². The lowest BCUT2D eigenvalue weighted by atomic mass is 10.0. The smallest absolute Gasteiger partial charge is 0.308 e. The summed E-state index contributed by atoms with van der Waals surface area (Å²) in [5.41, 5.74) is 2.31. The minimum absolute atomic E-state index is 0.0612. The van der Waals surface area contributed by atoms with Gasteiger partial charge in [-0.1, -0.05) is 82.9 Å². The molecule has 0 saturated heterocycles. The van der Waals surface area contributed by atoms with Crippen LogP contribution in [0.4, 0.5) is 0 Å². The van der Waals surface area contributed by atoms with Crippen molar-refractivity contribution in [1.29, 1.82) is 0 Å². The quantitative estimate of drug-likeness (QED) is 0.0913. The number of benzene rings is 1. The third-order valence-electron chi connectivity index (χ3n) is 6.04. The van der Waals surface area contributed by atoms with Crippen LogP contribution in [-0.2, 0) is 16.1 Å². The van der Waals surface area contributed by atoms with E-state index >= 15 is 0 Å². The van der Waals surface area contributed by atoms with Crippen molar-refractivity contribution in [2.75, 3.05) is 7.11 Å². The minimum atomic E-state index is -0.396. The molecular formula is C29H47NO4. The molecule has 0 heterocycles. The van der Waals surface area contributed by atoms with Gasteiger partial charge in [0.05, 0.1) is 7.11 Å². The van der Waals surface area contributed by atoms with Gasteiger partial charge in [-0.25, -0.2) is 0 Å². The summed E-state index contributed by atoms with van der Waals surface area (Å²) in [7, 11) is 1.52. The molecule has 0 aliphatic carbocycles. The van der Waals surface area contributed by atoms with Crippen molar-refractivity contribution >= 4 is 11.9 Å². The van der Waals surface area contributed by atoms with Gasteiger partial charge in [0, 0.05) is 19.9 Å². The molecule has 0 spiro atoms. The van der Waals surface area contributed by atoms with E-state index < -0.39 is 5.97 Å². The number of nitrogens with one attached hydrogen (secondary N) is 1. The van der Waals surface area contributed by atoms with Crippen molar-refractivity contribution in [3.8, 4) is 11.5 Å². The highest BCUT2D eigenvalue weighted by Gasteiger charge is 2.09. The molecular weight excluding hydrogens is 426 g/mol. The molecule has 192 valence electrons. The second-order valence-corrected chi connectivity index (χ2v) is 9.24. The number of esters is 1. The SMILES string of the molecule is C=C(CCCCCCCCC)CCCCCCCC(=O)NCc1ccc(OC(C)=O)c(OC)c1. The van der Waals surface area contributed by atoms with Gasteiger partial charge in [0.2, 0.25) is 5.91 Å². The molecule has 1 aromatic rings. The van der Waals surface area contributed by atoms with E-state index in [-0.39, 0.29) is 5.91 Å². The van der Waals surface area contributed by atoms with Crippen LogP contribution in [0.1, 0.15) is 116 Å². The topological polar surface area (TPSA) is 64.6 Å². The summed E-state index contributed by atoms with van der Waals surface area (Å²) in [6.45, 7) is 8.29. The van der Waals surface area contributed by atoms with E-state index in [0.29, 0.717) is 24.5 Å². The number of ether oxygens (including phenoxy) is 2. The van der Waals surface area contributed by atoms with Gasteiger partial charge in [-0.2, -0.15) is 0 Å². The first-order valence-electron chi connectivity index (χ1n) is 13.2. The summed E-state index contributed by atoms with van der Waals surface area (Å²) in [5.74, 6) is 0.525. The fraction of sp³-hybridized carbons (Fsp3) is 0.655. The van der Waals surface area contributed by atoms with Crippen LogP contribution in [0, 0.1) is 0 Å². The van der Waals surface area contributed by atoms with E-state index in [2.05, 4.69) is 18.8 Å². The average Bonchev–Trinajstić information content (AvgIpc) is 2.81. The Morgan fingerprint density at radius 3 is 1.94 bits per heavy atom. The number of carbonyl (C=O) groups excluding carboxylic acids is 2. The molecule has 0 aliphatic heterocycles. The van der Waals surface area contributed by atoms with Crippen LogP contribution in [0.15, 0.2) is 30.4 Å². The van der Waals surface area contributed by atoms with Crippen LogP contribution in [0.3, 0.4) is 0 Å². The first-order chi connectivity index (χ1) is 16.5. The van der Waals surface area contributed by atoms with E-state index in [4.69, 9.17) is 9.47 Å². The largest absolute Gasteiger partial charge is 0.493 e. The number of amides is 1. The lowest BCUT2D eigenvalue weighted by Crippen LogP contribution is -2.22. The Balaban J connectivity index is 2.04. The van der Waals surface area contributed by atoms with Crippen LogP contribution < -0.4 is 14.8 Å². The molecule has 0 aromatic heterocycles. The number of allylic oxidation sites excluding steroid dienone is 1. The van der Waals surface area contributed by atoms with Crippen LogP contribution in [0.5, 0.6) is 11.5 Å². The molecule has 0 fully saturated rings. The summed E-state index contributed by atoms with van der Waals surface area (Å²) in [6, 6.07) is 5.29. The van der Waals surface area contributed by atoms with Crippen LogP contribution in [0.25, 0.3) is 0 Å². The Hall–Kier alpha value is -2.30. The van der Waals surface area contributed by atoms with Crippen molar-refractivity contribution in [2.45, 2.75) is 117 Å². The Bertz CT molecular complexity index is 729. The molecule has 1 rings (SSSR count). The third-order valence-corrected chi connectivity index (χ3v) is 6.04. The van der Waals surface area contributed by atoms with E-state index in [1.807, 2.05) is 6.07 Å². The molecule has 0 unspecified atom stereocenters. The molecule has 34 heavy (non-hydrogen) atoms. The Morgan fingerprint density at radius 2 is 1.38 bits per heavy atom. The van der Waals surface area contributed by atoms with Gasteiger partial charge in [0.15, 0.2) is 11.5 Å². The number of rotatable bonds is 20. The molecule has 1 amide bonds. The van der Waals surface area contributed by atoms with Crippen molar-refractivity contribution in [2.24, 2.45) is 0 Å². The fourth-order valence-electron chi connectivity index (χ4n) is 4.00. The lowest BCUT2D eigenvalue weighted by Gasteiger charge is -2.11. The standard InChI is InChI=1S/C29H47NO4/c1-5-6-7-8-9-11-14-17-24(2)18-15-12-10-13-16-19-29(32)30-23-26-20-21-27(34-25(3)31)28(22-26)33-4/h20-22H,2,5-19,23H2,1,3-4H3,(H,30,32). The fourth-order valence-corrected chi connectivity index (χ4v) is 4.00. The lowest BCUT2D eigenvalue weighted by molar-refractivity contribution is -0.132. The molecule has 0 bridgehead atoms. The third kappa shape index (κ3) is 14.8. The second-order valence-electron chi connectivity index (χ2n) is 9.24. The first kappa shape index (κ1) is 29.7. The summed E-state index contributed by atoms with van der Waals surface area (Å²) in [4.78, 5) is 23.3. The molecule has 0 atom stereocenters. The first-order valence-corrected chi connectivity index (χ1v) is 13.2. The maximum Gasteiger partial charge on any atom is 0.308 e. The summed E-state index contributed by atoms with van der Waals surface area (Å²) < 4.78 is 10.4. The highest BCUT2D eigenvalue weighted by molar-refractivity contribution is 5.75. The van der Waals surface area contributed by atoms with Crippen molar-refractivity contribution < 1.29 is 19.1 Å². The highest BCUT2D eigenvalue weighted by atomic mass is 16.6. The molecule has 5 nitrogen and oxygen atoms in total. The summed E-state index contributed by atoms with van der Waals surface area (Å²) in [6.07, 6.45) is 18.0. The number of carbonyl (C=O) groups is 2. The number of unbranched alkanes of at least 4 members (excludes halogenated alkanes) is 10. The molecule has 0 aliphatic rings. The van der Waals surface area contributed by atoms with Gasteiger partial charge in [-0.3, -0.25) is 9.59 Å². The van der Waals surface area contributed by atoms with Gasteiger partial charge < -0.3 is 14.8 Å². The van der Waals surface area contributed by atoms with Gasteiger partial charge in [-0.15, -0.1) is 0 Å². The second kappa shape index (κ2) is 19.1. The Morgan fingerprint density at radius 1 is 0.824 bits per heavy atom. The zero-order valence-corrected chi connectivity index (χ0v) is 21.9. The van der Waals surface area contributed by atoms with Gasteiger partial charge in [0.25, 0.3) is 0 Å². The average molecular weight is 474 g/mol. The van der Waals surface area contributed by atoms with Crippen LogP contribution in [0.2, 0.25) is 0 Å². The monoisotopic (exact) mass is 473 g/mol. The van der Waals surface area contributed by atoms with Gasteiger partial charge in [0.1, 0.15) is 0 Å². The summed E-state index contributed by atoms with van der Waals surface area (Å²) >= 11 is 0. The van der Waals surface area contributed by atoms with Crippen LogP contribution in [-0.4, -0.2) is 19.0 Å². The van der Waals surface area contributed by atoms with E-state index in [1.165, 1.54) is 90.2 Å². The van der Waals surface area contributed by atoms with E-state index in [9.17, 15) is 9.59 Å². The zero-order valence-electron chi connectivity index (χ0n) is 21.9. The Labute approximate surface area is 207 Å². The zero-order chi connectivity index (χ0) is 25.0. The number of hydrogen-bond acceptors (Lipinski definition) is 4. The molecule has 5 heteroatoms. The normalized spacial score (nSPS) is 10.7. The Kier molecular flexibility index (Phi) is 16.7. The predicted octanol–water partition coefficient (Wildman–Crippen LogP) is 7.66.